The zero-order valence-corrected chi connectivity index (χ0v) is 23.0. The van der Waals surface area contributed by atoms with Crippen LogP contribution in [0.3, 0.4) is 0 Å². The predicted molar refractivity (Wildman–Crippen MR) is 139 cm³/mol. The van der Waals surface area contributed by atoms with Crippen LogP contribution in [0.4, 0.5) is 10.1 Å². The van der Waals surface area contributed by atoms with Gasteiger partial charge in [-0.25, -0.2) is 4.39 Å². The number of imide groups is 1. The molecule has 4 fully saturated rings. The molecule has 1 aromatic carbocycles. The third kappa shape index (κ3) is 5.90. The molecule has 3 saturated heterocycles. The van der Waals surface area contributed by atoms with E-state index >= 15 is 0 Å². The number of likely N-dealkylation sites (tertiary alicyclic amines) is 1. The lowest BCUT2D eigenvalue weighted by Gasteiger charge is -2.37. The molecule has 206 valence electrons. The van der Waals surface area contributed by atoms with E-state index in [-0.39, 0.29) is 60.2 Å². The Bertz CT molecular complexity index is 966. The van der Waals surface area contributed by atoms with Crippen LogP contribution in [0.1, 0.15) is 47.0 Å². The van der Waals surface area contributed by atoms with Crippen molar-refractivity contribution in [1.82, 2.24) is 9.80 Å². The maximum atomic E-state index is 13.9. The molecule has 37 heavy (non-hydrogen) atoms. The number of anilines is 1. The smallest absolute Gasteiger partial charge is 0.233 e. The number of fused-ring (bicyclic) bond motifs is 2. The van der Waals surface area contributed by atoms with Crippen molar-refractivity contribution < 1.29 is 28.2 Å². The summed E-state index contributed by atoms with van der Waals surface area (Å²) in [5.74, 6) is -0.885. The molecule has 1 aromatic rings. The second-order valence-corrected chi connectivity index (χ2v) is 11.2. The standard InChI is InChI=1S/C27H38FN3O5.ClH/c1-17(2)34-22-7-6-18(28)14-21(22)30-12-10-29(11-13-30)8-5-9-31-25(32)19-15-23-24(16-20(19)26(31)33)36-27(3,4)35-23;/h6-7,14,17,19-20,23-24H,5,8-13,15-16H2,1-4H3;1H. The summed E-state index contributed by atoms with van der Waals surface area (Å²) in [5.41, 5.74) is 0.792. The second kappa shape index (κ2) is 11.0. The number of rotatable bonds is 7. The van der Waals surface area contributed by atoms with Crippen LogP contribution in [0.2, 0.25) is 0 Å². The summed E-state index contributed by atoms with van der Waals surface area (Å²) in [6.45, 7) is 12.1. The third-order valence-corrected chi connectivity index (χ3v) is 7.76. The van der Waals surface area contributed by atoms with E-state index in [1.54, 1.807) is 12.1 Å². The summed E-state index contributed by atoms with van der Waals surface area (Å²) in [7, 11) is 0. The van der Waals surface area contributed by atoms with Gasteiger partial charge in [0.05, 0.1) is 35.8 Å². The number of ether oxygens (including phenoxy) is 3. The van der Waals surface area contributed by atoms with Crippen LogP contribution in [0.15, 0.2) is 18.2 Å². The Labute approximate surface area is 224 Å². The predicted octanol–water partition coefficient (Wildman–Crippen LogP) is 3.46. The molecule has 4 aliphatic rings. The zero-order chi connectivity index (χ0) is 25.6. The van der Waals surface area contributed by atoms with E-state index in [2.05, 4.69) is 9.80 Å². The van der Waals surface area contributed by atoms with Crippen molar-refractivity contribution in [1.29, 1.82) is 0 Å². The lowest BCUT2D eigenvalue weighted by Crippen LogP contribution is -2.47. The Morgan fingerprint density at radius 3 is 2.16 bits per heavy atom. The molecule has 3 aliphatic heterocycles. The highest BCUT2D eigenvalue weighted by atomic mass is 35.5. The molecule has 8 nitrogen and oxygen atoms in total. The van der Waals surface area contributed by atoms with Gasteiger partial charge in [-0.15, -0.1) is 12.4 Å². The average molecular weight is 540 g/mol. The molecule has 2 amide bonds. The minimum absolute atomic E-state index is 0. The van der Waals surface area contributed by atoms with E-state index in [1.165, 1.54) is 11.0 Å². The first-order valence-electron chi connectivity index (χ1n) is 13.3. The van der Waals surface area contributed by atoms with E-state index in [0.717, 1.165) is 44.8 Å². The van der Waals surface area contributed by atoms with E-state index in [4.69, 9.17) is 14.2 Å². The maximum absolute atomic E-state index is 13.9. The van der Waals surface area contributed by atoms with Gasteiger partial charge in [0.15, 0.2) is 5.79 Å². The minimum Gasteiger partial charge on any atom is -0.489 e. The molecule has 1 aliphatic carbocycles. The van der Waals surface area contributed by atoms with Gasteiger partial charge in [-0.1, -0.05) is 0 Å². The first-order valence-corrected chi connectivity index (χ1v) is 13.3. The molecule has 3 heterocycles. The van der Waals surface area contributed by atoms with Crippen LogP contribution >= 0.6 is 12.4 Å². The maximum Gasteiger partial charge on any atom is 0.233 e. The number of hydrogen-bond donors (Lipinski definition) is 0. The molecule has 1 saturated carbocycles. The van der Waals surface area contributed by atoms with Crippen LogP contribution in [0.25, 0.3) is 0 Å². The molecule has 4 unspecified atom stereocenters. The summed E-state index contributed by atoms with van der Waals surface area (Å²) < 4.78 is 31.8. The van der Waals surface area contributed by atoms with Gasteiger partial charge in [0.25, 0.3) is 0 Å². The quantitative estimate of drug-likeness (QED) is 0.491. The van der Waals surface area contributed by atoms with Gasteiger partial charge in [0.1, 0.15) is 11.6 Å². The topological polar surface area (TPSA) is 71.6 Å². The van der Waals surface area contributed by atoms with Crippen molar-refractivity contribution in [2.24, 2.45) is 11.8 Å². The Hall–Kier alpha value is -1.94. The number of hydrogen-bond acceptors (Lipinski definition) is 7. The largest absolute Gasteiger partial charge is 0.489 e. The van der Waals surface area contributed by atoms with E-state index < -0.39 is 5.79 Å². The van der Waals surface area contributed by atoms with Crippen LogP contribution in [0.5, 0.6) is 5.75 Å². The monoisotopic (exact) mass is 539 g/mol. The fraction of sp³-hybridized carbons (Fsp3) is 0.704. The molecular formula is C27H39ClFN3O5. The van der Waals surface area contributed by atoms with Crippen molar-refractivity contribution in [3.63, 3.8) is 0 Å². The Morgan fingerprint density at radius 2 is 1.59 bits per heavy atom. The minimum atomic E-state index is -0.651. The van der Waals surface area contributed by atoms with Crippen molar-refractivity contribution >= 4 is 29.9 Å². The van der Waals surface area contributed by atoms with Crippen LogP contribution < -0.4 is 9.64 Å². The normalized spacial score (nSPS) is 29.4. The molecule has 0 bridgehead atoms. The van der Waals surface area contributed by atoms with E-state index in [0.29, 0.717) is 25.1 Å². The number of benzene rings is 1. The highest BCUT2D eigenvalue weighted by molar-refractivity contribution is 6.05. The van der Waals surface area contributed by atoms with Gasteiger partial charge in [-0.3, -0.25) is 19.4 Å². The fourth-order valence-corrected chi connectivity index (χ4v) is 6.17. The molecular weight excluding hydrogens is 501 g/mol. The molecule has 0 N–H and O–H groups in total. The van der Waals surface area contributed by atoms with Gasteiger partial charge in [-0.2, -0.15) is 0 Å². The highest BCUT2D eigenvalue weighted by Crippen LogP contribution is 2.45. The van der Waals surface area contributed by atoms with Crippen molar-refractivity contribution in [3.8, 4) is 5.75 Å². The van der Waals surface area contributed by atoms with Crippen molar-refractivity contribution in [2.45, 2.75) is 71.1 Å². The molecule has 4 atom stereocenters. The summed E-state index contributed by atoms with van der Waals surface area (Å²) in [6.07, 6.45) is 1.65. The second-order valence-electron chi connectivity index (χ2n) is 11.2. The van der Waals surface area contributed by atoms with E-state index in [1.807, 2.05) is 27.7 Å². The molecule has 0 aromatic heterocycles. The Morgan fingerprint density at radius 1 is 1.00 bits per heavy atom. The number of halogens is 2. The fourth-order valence-electron chi connectivity index (χ4n) is 6.17. The van der Waals surface area contributed by atoms with Gasteiger partial charge >= 0.3 is 0 Å². The Balaban J connectivity index is 0.00000320. The van der Waals surface area contributed by atoms with E-state index in [9.17, 15) is 14.0 Å². The summed E-state index contributed by atoms with van der Waals surface area (Å²) in [4.78, 5) is 32.1. The number of carbonyl (C=O) groups is 2. The highest BCUT2D eigenvalue weighted by Gasteiger charge is 2.56. The number of piperazine rings is 1. The number of carbonyl (C=O) groups excluding carboxylic acids is 2. The van der Waals surface area contributed by atoms with Crippen molar-refractivity contribution in [2.75, 3.05) is 44.2 Å². The van der Waals surface area contributed by atoms with Gasteiger partial charge < -0.3 is 19.1 Å². The molecule has 0 spiro atoms. The first-order chi connectivity index (χ1) is 17.1. The van der Waals surface area contributed by atoms with Gasteiger partial charge in [0.2, 0.25) is 11.8 Å². The molecule has 5 rings (SSSR count). The van der Waals surface area contributed by atoms with Crippen LogP contribution in [-0.4, -0.2) is 85.0 Å². The lowest BCUT2D eigenvalue weighted by molar-refractivity contribution is -0.149. The van der Waals surface area contributed by atoms with Crippen LogP contribution in [-0.2, 0) is 19.1 Å². The third-order valence-electron chi connectivity index (χ3n) is 7.76. The number of nitrogens with zero attached hydrogens (tertiary/aromatic N) is 3. The SMILES string of the molecule is CC(C)Oc1ccc(F)cc1N1CCN(CCCN2C(=O)C3CC4OC(C)(C)OC4CC3C2=O)CC1.Cl. The summed E-state index contributed by atoms with van der Waals surface area (Å²) in [5, 5.41) is 0. The zero-order valence-electron chi connectivity index (χ0n) is 22.2. The summed E-state index contributed by atoms with van der Waals surface area (Å²) >= 11 is 0. The summed E-state index contributed by atoms with van der Waals surface area (Å²) in [6, 6.07) is 4.68. The first kappa shape index (κ1) is 28.1. The number of amides is 2. The van der Waals surface area contributed by atoms with Gasteiger partial charge in [-0.05, 0) is 65.6 Å². The lowest BCUT2D eigenvalue weighted by atomic mass is 9.78. The molecule has 10 heteroatoms. The average Bonchev–Trinajstić information content (AvgIpc) is 3.25. The van der Waals surface area contributed by atoms with Gasteiger partial charge in [0, 0.05) is 38.8 Å². The van der Waals surface area contributed by atoms with Crippen LogP contribution in [0, 0.1) is 17.7 Å². The Kier molecular flexibility index (Phi) is 8.38. The molecule has 0 radical (unpaired) electrons. The van der Waals surface area contributed by atoms with Crippen molar-refractivity contribution in [3.05, 3.63) is 24.0 Å².